The fourth-order valence-corrected chi connectivity index (χ4v) is 9.17. The lowest BCUT2D eigenvalue weighted by atomic mass is 9.75. The lowest BCUT2D eigenvalue weighted by Crippen LogP contribution is -2.54. The minimum absolute atomic E-state index is 0.0451. The number of aliphatic hydroxyl groups excluding tert-OH is 1. The monoisotopic (exact) mass is 731 g/mol. The number of fused-ring (bicyclic) bond motifs is 2. The number of nitrogens with zero attached hydrogens (tertiary/aromatic N) is 8. The Kier molecular flexibility index (Phi) is 9.73. The zero-order valence-corrected chi connectivity index (χ0v) is 30.1. The highest BCUT2D eigenvalue weighted by molar-refractivity contribution is 7.06. The number of aromatic nitrogens is 5. The van der Waals surface area contributed by atoms with Gasteiger partial charge in [-0.15, -0.1) is 0 Å². The minimum Gasteiger partial charge on any atom is -0.461 e. The SMILES string of the molecule is Cc1nsc(/C=C/C(O)N2CC(CN(C)c3nc(OC[C@@]45CCCN4C[C@H](F)C5)nc4c3C[C@H](C)[C@@H](c3nc(N)cc(C)c3C(F)(F)F)C4)C2)n1. The molecular weight excluding hydrogens is 687 g/mol. The van der Waals surface area contributed by atoms with E-state index < -0.39 is 35.6 Å². The van der Waals surface area contributed by atoms with Crippen LogP contribution in [-0.4, -0.2) is 104 Å². The van der Waals surface area contributed by atoms with Crippen molar-refractivity contribution in [1.82, 2.24) is 34.1 Å². The number of aliphatic hydroxyl groups is 1. The van der Waals surface area contributed by atoms with E-state index >= 15 is 0 Å². The number of ether oxygens (including phenoxy) is 1. The molecule has 0 spiro atoms. The summed E-state index contributed by atoms with van der Waals surface area (Å²) in [5.41, 5.74) is 6.34. The zero-order chi connectivity index (χ0) is 36.2. The van der Waals surface area contributed by atoms with Crippen molar-refractivity contribution in [3.8, 4) is 6.01 Å². The number of nitrogens with two attached hydrogens (primary N) is 1. The molecule has 4 aliphatic rings. The summed E-state index contributed by atoms with van der Waals surface area (Å²) in [4.78, 5) is 24.5. The van der Waals surface area contributed by atoms with Crippen LogP contribution in [0.1, 0.15) is 71.0 Å². The van der Waals surface area contributed by atoms with Gasteiger partial charge in [0, 0.05) is 57.0 Å². The highest BCUT2D eigenvalue weighted by Gasteiger charge is 2.49. The van der Waals surface area contributed by atoms with E-state index in [2.05, 4.69) is 24.1 Å². The standard InChI is InChI=1S/C35H45F4N9O2S/c1-19-10-25-26(12-24(19)31-30(35(37,38)39)20(2)11-27(40)43-31)42-33(50-18-34-8-5-9-48(34)17-23(36)13-34)44-32(25)46(4)14-22-15-47(16-22)29(49)7-6-28-41-21(3)45-51-28/h6-7,11,19,22-24,29,49H,5,8-10,12-18H2,1-4H3,(H2,40,43)/b7-6+/t19-,23+,24-,29?,34-/m0/s1. The number of anilines is 2. The smallest absolute Gasteiger partial charge is 0.418 e. The van der Waals surface area contributed by atoms with Crippen LogP contribution in [0.15, 0.2) is 12.1 Å². The molecule has 0 radical (unpaired) electrons. The quantitative estimate of drug-likeness (QED) is 0.279. The van der Waals surface area contributed by atoms with Crippen LogP contribution in [0.4, 0.5) is 29.2 Å². The normalized spacial score (nSPS) is 26.3. The van der Waals surface area contributed by atoms with Crippen LogP contribution in [0, 0.1) is 25.7 Å². The molecule has 1 aliphatic carbocycles. The average Bonchev–Trinajstić information content (AvgIpc) is 3.71. The molecule has 0 bridgehead atoms. The molecular formula is C35H45F4N9O2S. The Bertz CT molecular complexity index is 1780. The number of halogens is 4. The van der Waals surface area contributed by atoms with Crippen molar-refractivity contribution in [1.29, 1.82) is 0 Å². The summed E-state index contributed by atoms with van der Waals surface area (Å²) in [6.45, 7) is 8.60. The molecule has 6 heterocycles. The summed E-state index contributed by atoms with van der Waals surface area (Å²) < 4.78 is 68.2. The summed E-state index contributed by atoms with van der Waals surface area (Å²) in [5.74, 6) is 0.871. The average molecular weight is 732 g/mol. The predicted molar refractivity (Wildman–Crippen MR) is 186 cm³/mol. The molecule has 0 saturated carbocycles. The Hall–Kier alpha value is -3.47. The first-order chi connectivity index (χ1) is 24.2. The number of pyridine rings is 1. The van der Waals surface area contributed by atoms with Crippen LogP contribution in [-0.2, 0) is 19.0 Å². The van der Waals surface area contributed by atoms with Gasteiger partial charge in [0.1, 0.15) is 41.5 Å². The molecule has 16 heteroatoms. The van der Waals surface area contributed by atoms with Gasteiger partial charge in [0.2, 0.25) is 0 Å². The fourth-order valence-electron chi connectivity index (χ4n) is 8.59. The molecule has 3 fully saturated rings. The third-order valence-corrected chi connectivity index (χ3v) is 11.8. The number of alkyl halides is 4. The van der Waals surface area contributed by atoms with E-state index in [1.807, 2.05) is 25.8 Å². The molecule has 5 atom stereocenters. The summed E-state index contributed by atoms with van der Waals surface area (Å²) in [5, 5.41) is 11.5. The maximum absolute atomic E-state index is 14.5. The van der Waals surface area contributed by atoms with Gasteiger partial charge >= 0.3 is 12.2 Å². The summed E-state index contributed by atoms with van der Waals surface area (Å²) in [6, 6.07) is 1.41. The highest BCUT2D eigenvalue weighted by Crippen LogP contribution is 2.45. The molecule has 0 amide bonds. The van der Waals surface area contributed by atoms with Gasteiger partial charge in [-0.3, -0.25) is 9.80 Å². The van der Waals surface area contributed by atoms with E-state index in [4.69, 9.17) is 20.4 Å². The number of rotatable bonds is 10. The summed E-state index contributed by atoms with van der Waals surface area (Å²) in [7, 11) is 1.95. The van der Waals surface area contributed by atoms with Crippen molar-refractivity contribution in [2.75, 3.05) is 57.0 Å². The third kappa shape index (κ3) is 7.29. The van der Waals surface area contributed by atoms with E-state index in [0.29, 0.717) is 56.4 Å². The fraction of sp³-hybridized carbons (Fsp3) is 0.629. The first-order valence-corrected chi connectivity index (χ1v) is 18.3. The molecule has 0 aromatic carbocycles. The van der Waals surface area contributed by atoms with Gasteiger partial charge < -0.3 is 20.5 Å². The number of hydrogen-bond acceptors (Lipinski definition) is 12. The van der Waals surface area contributed by atoms with Gasteiger partial charge in [-0.25, -0.2) is 14.4 Å². The number of aryl methyl sites for hydroxylation is 2. The Morgan fingerprint density at radius 1 is 1.18 bits per heavy atom. The van der Waals surface area contributed by atoms with Gasteiger partial charge in [0.15, 0.2) is 0 Å². The molecule has 3 aromatic heterocycles. The van der Waals surface area contributed by atoms with Gasteiger partial charge in [-0.2, -0.15) is 27.5 Å². The van der Waals surface area contributed by atoms with Crippen LogP contribution >= 0.6 is 11.5 Å². The topological polar surface area (TPSA) is 130 Å². The van der Waals surface area contributed by atoms with Crippen LogP contribution < -0.4 is 15.4 Å². The third-order valence-electron chi connectivity index (χ3n) is 11.0. The second-order valence-corrected chi connectivity index (χ2v) is 15.7. The van der Waals surface area contributed by atoms with Gasteiger partial charge in [-0.1, -0.05) is 6.92 Å². The van der Waals surface area contributed by atoms with Crippen molar-refractivity contribution in [2.45, 2.75) is 82.9 Å². The molecule has 3 saturated heterocycles. The van der Waals surface area contributed by atoms with E-state index in [0.717, 1.165) is 30.0 Å². The van der Waals surface area contributed by atoms with Crippen LogP contribution in [0.5, 0.6) is 6.01 Å². The minimum atomic E-state index is -4.59. The molecule has 1 unspecified atom stereocenters. The van der Waals surface area contributed by atoms with Crippen LogP contribution in [0.3, 0.4) is 0 Å². The number of nitrogen functional groups attached to an aromatic ring is 1. The lowest BCUT2D eigenvalue weighted by molar-refractivity contribution is -0.139. The molecule has 11 nitrogen and oxygen atoms in total. The number of likely N-dealkylation sites (tertiary alicyclic amines) is 1. The zero-order valence-electron chi connectivity index (χ0n) is 29.3. The van der Waals surface area contributed by atoms with E-state index in [1.165, 1.54) is 24.5 Å². The highest BCUT2D eigenvalue weighted by atomic mass is 32.1. The number of hydrogen-bond donors (Lipinski definition) is 2. The van der Waals surface area contributed by atoms with Crippen molar-refractivity contribution in [3.05, 3.63) is 51.1 Å². The van der Waals surface area contributed by atoms with Crippen molar-refractivity contribution >= 4 is 29.2 Å². The Labute approximate surface area is 299 Å². The summed E-state index contributed by atoms with van der Waals surface area (Å²) in [6.07, 6.45) is 0.0726. The molecule has 276 valence electrons. The Morgan fingerprint density at radius 3 is 2.69 bits per heavy atom. The van der Waals surface area contributed by atoms with Crippen molar-refractivity contribution in [3.63, 3.8) is 0 Å². The molecule has 51 heavy (non-hydrogen) atoms. The van der Waals surface area contributed by atoms with E-state index in [-0.39, 0.29) is 47.9 Å². The predicted octanol–water partition coefficient (Wildman–Crippen LogP) is 4.81. The van der Waals surface area contributed by atoms with Gasteiger partial charge in [0.05, 0.1) is 22.5 Å². The second-order valence-electron chi connectivity index (χ2n) is 14.9. The first kappa shape index (κ1) is 35.9. The largest absolute Gasteiger partial charge is 0.461 e. The van der Waals surface area contributed by atoms with E-state index in [9.17, 15) is 22.7 Å². The second kappa shape index (κ2) is 13.8. The van der Waals surface area contributed by atoms with E-state index in [1.54, 1.807) is 12.2 Å². The Morgan fingerprint density at radius 2 is 1.96 bits per heavy atom. The van der Waals surface area contributed by atoms with Crippen LogP contribution in [0.25, 0.3) is 6.08 Å². The Balaban J connectivity index is 1.14. The molecule has 3 aliphatic heterocycles. The first-order valence-electron chi connectivity index (χ1n) is 17.6. The maximum atomic E-state index is 14.5. The molecule has 3 aromatic rings. The van der Waals surface area contributed by atoms with Gasteiger partial charge in [-0.05, 0) is 87.3 Å². The van der Waals surface area contributed by atoms with Crippen molar-refractivity contribution < 1.29 is 27.4 Å². The molecule has 7 rings (SSSR count). The maximum Gasteiger partial charge on any atom is 0.418 e. The van der Waals surface area contributed by atoms with Crippen molar-refractivity contribution in [2.24, 2.45) is 11.8 Å². The van der Waals surface area contributed by atoms with Gasteiger partial charge in [0.25, 0.3) is 0 Å². The van der Waals surface area contributed by atoms with Crippen LogP contribution in [0.2, 0.25) is 0 Å². The summed E-state index contributed by atoms with van der Waals surface area (Å²) >= 11 is 1.28. The molecule has 3 N–H and O–H groups in total. The lowest BCUT2D eigenvalue weighted by Gasteiger charge is -2.43.